The lowest BCUT2D eigenvalue weighted by molar-refractivity contribution is -0.123. The summed E-state index contributed by atoms with van der Waals surface area (Å²) < 4.78 is 5.46. The summed E-state index contributed by atoms with van der Waals surface area (Å²) in [6.45, 7) is 8.44. The molecule has 0 fully saturated rings. The standard InChI is InChI=1S/C18H22N2O2S/c1-13-5-10-16(23-13)11-19-20-17(21)12-22-15-8-6-14(7-9-15)18(2,3)4/h5-11H,12H2,1-4H3,(H,20,21). The van der Waals surface area contributed by atoms with Crippen LogP contribution < -0.4 is 10.2 Å². The molecule has 2 rings (SSSR count). The molecule has 1 heterocycles. The molecule has 1 amide bonds. The quantitative estimate of drug-likeness (QED) is 0.668. The Morgan fingerprint density at radius 2 is 1.91 bits per heavy atom. The summed E-state index contributed by atoms with van der Waals surface area (Å²) in [6.07, 6.45) is 1.63. The predicted octanol–water partition coefficient (Wildman–Crippen LogP) is 3.88. The molecule has 4 nitrogen and oxygen atoms in total. The van der Waals surface area contributed by atoms with Crippen LogP contribution in [0.4, 0.5) is 0 Å². The van der Waals surface area contributed by atoms with Crippen molar-refractivity contribution in [1.29, 1.82) is 0 Å². The third-order valence-corrected chi connectivity index (χ3v) is 4.17. The molecule has 0 radical (unpaired) electrons. The monoisotopic (exact) mass is 330 g/mol. The fourth-order valence-corrected chi connectivity index (χ4v) is 2.67. The average Bonchev–Trinajstić information content (AvgIpc) is 2.90. The van der Waals surface area contributed by atoms with Crippen LogP contribution in [0.1, 0.15) is 36.1 Å². The minimum absolute atomic E-state index is 0.0598. The van der Waals surface area contributed by atoms with Gasteiger partial charge in [-0.3, -0.25) is 4.79 Å². The van der Waals surface area contributed by atoms with Crippen LogP contribution in [0.25, 0.3) is 0 Å². The lowest BCUT2D eigenvalue weighted by atomic mass is 9.87. The molecule has 0 saturated heterocycles. The zero-order chi connectivity index (χ0) is 16.9. The first-order valence-corrected chi connectivity index (χ1v) is 8.28. The Labute approximate surface area is 141 Å². The molecule has 0 bridgehead atoms. The van der Waals surface area contributed by atoms with Crippen molar-refractivity contribution >= 4 is 23.5 Å². The van der Waals surface area contributed by atoms with Gasteiger partial charge in [0, 0.05) is 9.75 Å². The van der Waals surface area contributed by atoms with E-state index in [4.69, 9.17) is 4.74 Å². The van der Waals surface area contributed by atoms with Gasteiger partial charge >= 0.3 is 0 Å². The van der Waals surface area contributed by atoms with Gasteiger partial charge in [0.15, 0.2) is 6.61 Å². The fraction of sp³-hybridized carbons (Fsp3) is 0.333. The molecule has 1 aromatic carbocycles. The van der Waals surface area contributed by atoms with Crippen molar-refractivity contribution < 1.29 is 9.53 Å². The lowest BCUT2D eigenvalue weighted by Gasteiger charge is -2.19. The molecule has 2 aromatic rings. The van der Waals surface area contributed by atoms with Gasteiger partial charge in [-0.2, -0.15) is 5.10 Å². The van der Waals surface area contributed by atoms with Crippen LogP contribution in [-0.2, 0) is 10.2 Å². The number of hydrogen-bond acceptors (Lipinski definition) is 4. The predicted molar refractivity (Wildman–Crippen MR) is 95.4 cm³/mol. The molecule has 23 heavy (non-hydrogen) atoms. The molecule has 0 saturated carbocycles. The maximum Gasteiger partial charge on any atom is 0.277 e. The number of amides is 1. The Bertz CT molecular complexity index is 682. The topological polar surface area (TPSA) is 50.7 Å². The van der Waals surface area contributed by atoms with Crippen LogP contribution in [0.5, 0.6) is 5.75 Å². The van der Waals surface area contributed by atoms with Gasteiger partial charge in [-0.15, -0.1) is 11.3 Å². The van der Waals surface area contributed by atoms with Crippen molar-refractivity contribution in [2.24, 2.45) is 5.10 Å². The van der Waals surface area contributed by atoms with E-state index in [1.54, 1.807) is 17.6 Å². The number of ether oxygens (including phenoxy) is 1. The van der Waals surface area contributed by atoms with E-state index in [9.17, 15) is 4.79 Å². The highest BCUT2D eigenvalue weighted by Gasteiger charge is 2.13. The molecule has 5 heteroatoms. The third-order valence-electron chi connectivity index (χ3n) is 3.23. The van der Waals surface area contributed by atoms with Crippen molar-refractivity contribution in [1.82, 2.24) is 5.43 Å². The van der Waals surface area contributed by atoms with Crippen molar-refractivity contribution in [3.8, 4) is 5.75 Å². The van der Waals surface area contributed by atoms with Crippen molar-refractivity contribution in [3.05, 3.63) is 51.7 Å². The van der Waals surface area contributed by atoms with Gasteiger partial charge in [0.05, 0.1) is 6.21 Å². The van der Waals surface area contributed by atoms with Crippen LogP contribution in [0, 0.1) is 6.92 Å². The normalized spacial score (nSPS) is 11.7. The SMILES string of the molecule is Cc1ccc(C=NNC(=O)COc2ccc(C(C)(C)C)cc2)s1. The summed E-state index contributed by atoms with van der Waals surface area (Å²) in [6, 6.07) is 11.8. The van der Waals surface area contributed by atoms with E-state index in [0.717, 1.165) is 4.88 Å². The van der Waals surface area contributed by atoms with Crippen LogP contribution in [0.15, 0.2) is 41.5 Å². The molecule has 122 valence electrons. The van der Waals surface area contributed by atoms with E-state index in [-0.39, 0.29) is 17.9 Å². The van der Waals surface area contributed by atoms with E-state index in [2.05, 4.69) is 31.3 Å². The van der Waals surface area contributed by atoms with Gasteiger partial charge in [0.1, 0.15) is 5.75 Å². The number of aryl methyl sites for hydroxylation is 1. The molecular weight excluding hydrogens is 308 g/mol. The number of hydrazone groups is 1. The van der Waals surface area contributed by atoms with Crippen molar-refractivity contribution in [2.45, 2.75) is 33.1 Å². The van der Waals surface area contributed by atoms with E-state index in [1.807, 2.05) is 43.3 Å². The van der Waals surface area contributed by atoms with Crippen LogP contribution in [0.2, 0.25) is 0 Å². The van der Waals surface area contributed by atoms with Crippen molar-refractivity contribution in [3.63, 3.8) is 0 Å². The smallest absolute Gasteiger partial charge is 0.277 e. The summed E-state index contributed by atoms with van der Waals surface area (Å²) >= 11 is 1.62. The second-order valence-corrected chi connectivity index (χ2v) is 7.62. The van der Waals surface area contributed by atoms with Gasteiger partial charge in [-0.25, -0.2) is 5.43 Å². The summed E-state index contributed by atoms with van der Waals surface area (Å²) in [5, 5.41) is 3.92. The number of nitrogens with one attached hydrogen (secondary N) is 1. The summed E-state index contributed by atoms with van der Waals surface area (Å²) in [5.41, 5.74) is 3.79. The van der Waals surface area contributed by atoms with Gasteiger partial charge < -0.3 is 4.74 Å². The Balaban J connectivity index is 1.79. The Morgan fingerprint density at radius 3 is 2.48 bits per heavy atom. The number of benzene rings is 1. The molecule has 0 aliphatic heterocycles. The first-order valence-electron chi connectivity index (χ1n) is 7.46. The first kappa shape index (κ1) is 17.2. The van der Waals surface area contributed by atoms with Gasteiger partial charge in [-0.1, -0.05) is 32.9 Å². The Kier molecular flexibility index (Phi) is 5.55. The van der Waals surface area contributed by atoms with Crippen LogP contribution in [0.3, 0.4) is 0 Å². The zero-order valence-electron chi connectivity index (χ0n) is 13.9. The molecule has 0 atom stereocenters. The second-order valence-electron chi connectivity index (χ2n) is 6.30. The fourth-order valence-electron chi connectivity index (χ4n) is 1.92. The minimum Gasteiger partial charge on any atom is -0.484 e. The minimum atomic E-state index is -0.283. The Hall–Kier alpha value is -2.14. The molecule has 0 aliphatic carbocycles. The van der Waals surface area contributed by atoms with Gasteiger partial charge in [0.25, 0.3) is 5.91 Å². The molecular formula is C18H22N2O2S. The maximum atomic E-state index is 11.7. The molecule has 0 aliphatic rings. The van der Waals surface area contributed by atoms with E-state index >= 15 is 0 Å². The molecule has 1 N–H and O–H groups in total. The number of thiophene rings is 1. The summed E-state index contributed by atoms with van der Waals surface area (Å²) in [5.74, 6) is 0.389. The first-order chi connectivity index (χ1) is 10.8. The summed E-state index contributed by atoms with van der Waals surface area (Å²) in [4.78, 5) is 13.9. The number of carbonyl (C=O) groups excluding carboxylic acids is 1. The highest BCUT2D eigenvalue weighted by molar-refractivity contribution is 7.13. The second kappa shape index (κ2) is 7.42. The highest BCUT2D eigenvalue weighted by Crippen LogP contribution is 2.24. The van der Waals surface area contributed by atoms with Crippen LogP contribution in [-0.4, -0.2) is 18.7 Å². The zero-order valence-corrected chi connectivity index (χ0v) is 14.7. The molecule has 0 unspecified atom stereocenters. The average molecular weight is 330 g/mol. The molecule has 0 spiro atoms. The van der Waals surface area contributed by atoms with Crippen LogP contribution >= 0.6 is 11.3 Å². The number of nitrogens with zero attached hydrogens (tertiary/aromatic N) is 1. The highest BCUT2D eigenvalue weighted by atomic mass is 32.1. The molecule has 1 aromatic heterocycles. The number of hydrogen-bond donors (Lipinski definition) is 1. The van der Waals surface area contributed by atoms with E-state index in [1.165, 1.54) is 10.4 Å². The van der Waals surface area contributed by atoms with E-state index in [0.29, 0.717) is 5.75 Å². The Morgan fingerprint density at radius 1 is 1.22 bits per heavy atom. The maximum absolute atomic E-state index is 11.7. The number of carbonyl (C=O) groups is 1. The third kappa shape index (κ3) is 5.53. The summed E-state index contributed by atoms with van der Waals surface area (Å²) in [7, 11) is 0. The lowest BCUT2D eigenvalue weighted by Crippen LogP contribution is -2.24. The van der Waals surface area contributed by atoms with Gasteiger partial charge in [0.2, 0.25) is 0 Å². The number of rotatable bonds is 5. The van der Waals surface area contributed by atoms with Gasteiger partial charge in [-0.05, 0) is 42.2 Å². The van der Waals surface area contributed by atoms with Crippen molar-refractivity contribution in [2.75, 3.05) is 6.61 Å². The largest absolute Gasteiger partial charge is 0.484 e. The van der Waals surface area contributed by atoms with E-state index < -0.39 is 0 Å².